The summed E-state index contributed by atoms with van der Waals surface area (Å²) in [6.45, 7) is 2.00. The topological polar surface area (TPSA) is 67.0 Å². The second-order valence-electron chi connectivity index (χ2n) is 3.93. The van der Waals surface area contributed by atoms with Crippen LogP contribution in [0.2, 0.25) is 5.02 Å². The van der Waals surface area contributed by atoms with Crippen LogP contribution in [0.3, 0.4) is 0 Å². The summed E-state index contributed by atoms with van der Waals surface area (Å²) in [6.07, 6.45) is 0.827. The quantitative estimate of drug-likeness (QED) is 0.904. The van der Waals surface area contributed by atoms with Gasteiger partial charge in [0.15, 0.2) is 5.82 Å². The Morgan fingerprint density at radius 1 is 1.47 bits per heavy atom. The number of aromatic amines is 1. The van der Waals surface area contributed by atoms with Crippen LogP contribution < -0.4 is 10.1 Å². The van der Waals surface area contributed by atoms with E-state index < -0.39 is 0 Å². The Morgan fingerprint density at radius 2 is 2.26 bits per heavy atom. The molecule has 2 N–H and O–H groups in total. The van der Waals surface area contributed by atoms with Crippen LogP contribution in [0.15, 0.2) is 24.3 Å². The van der Waals surface area contributed by atoms with Gasteiger partial charge < -0.3 is 10.1 Å². The number of amides is 1. The summed E-state index contributed by atoms with van der Waals surface area (Å²) in [5, 5.41) is 10.1. The highest BCUT2D eigenvalue weighted by atomic mass is 35.5. The molecule has 1 amide bonds. The number of carbonyl (C=O) groups excluding carboxylic acids is 1. The SMILES string of the molecule is CCc1cc(NC(=O)c2ccc(Cl)cc2OC)n[nH]1. The number of rotatable bonds is 4. The Morgan fingerprint density at radius 3 is 2.89 bits per heavy atom. The highest BCUT2D eigenvalue weighted by Gasteiger charge is 2.14. The van der Waals surface area contributed by atoms with E-state index in [9.17, 15) is 4.79 Å². The minimum absolute atomic E-state index is 0.289. The van der Waals surface area contributed by atoms with Gasteiger partial charge in [-0.2, -0.15) is 5.10 Å². The number of nitrogens with one attached hydrogen (secondary N) is 2. The molecular weight excluding hydrogens is 266 g/mol. The molecule has 1 heterocycles. The number of methoxy groups -OCH3 is 1. The fraction of sp³-hybridized carbons (Fsp3) is 0.231. The van der Waals surface area contributed by atoms with Crippen molar-refractivity contribution >= 4 is 23.3 Å². The lowest BCUT2D eigenvalue weighted by molar-refractivity contribution is 0.102. The summed E-state index contributed by atoms with van der Waals surface area (Å²) in [5.74, 6) is 0.623. The van der Waals surface area contributed by atoms with E-state index in [4.69, 9.17) is 16.3 Å². The van der Waals surface area contributed by atoms with Crippen molar-refractivity contribution in [3.8, 4) is 5.75 Å². The number of benzene rings is 1. The normalized spacial score (nSPS) is 10.3. The molecule has 0 radical (unpaired) electrons. The Kier molecular flexibility index (Phi) is 4.06. The highest BCUT2D eigenvalue weighted by molar-refractivity contribution is 6.31. The molecule has 0 aliphatic heterocycles. The van der Waals surface area contributed by atoms with E-state index in [0.717, 1.165) is 12.1 Å². The van der Waals surface area contributed by atoms with Crippen molar-refractivity contribution in [1.82, 2.24) is 10.2 Å². The van der Waals surface area contributed by atoms with Crippen LogP contribution in [-0.4, -0.2) is 23.2 Å². The molecule has 0 unspecified atom stereocenters. The van der Waals surface area contributed by atoms with Gasteiger partial charge in [-0.25, -0.2) is 0 Å². The molecule has 1 aromatic carbocycles. The number of aryl methyl sites for hydroxylation is 1. The molecule has 0 saturated carbocycles. The summed E-state index contributed by atoms with van der Waals surface area (Å²) in [6, 6.07) is 6.64. The van der Waals surface area contributed by atoms with Crippen LogP contribution >= 0.6 is 11.6 Å². The number of halogens is 1. The molecule has 2 aromatic rings. The van der Waals surface area contributed by atoms with Crippen molar-refractivity contribution in [3.05, 3.63) is 40.5 Å². The van der Waals surface area contributed by atoms with Crippen molar-refractivity contribution in [3.63, 3.8) is 0 Å². The minimum Gasteiger partial charge on any atom is -0.496 e. The van der Waals surface area contributed by atoms with Gasteiger partial charge in [-0.15, -0.1) is 0 Å². The lowest BCUT2D eigenvalue weighted by atomic mass is 10.2. The van der Waals surface area contributed by atoms with Gasteiger partial charge in [-0.05, 0) is 24.6 Å². The van der Waals surface area contributed by atoms with Crippen molar-refractivity contribution < 1.29 is 9.53 Å². The zero-order valence-electron chi connectivity index (χ0n) is 10.7. The zero-order valence-corrected chi connectivity index (χ0v) is 11.4. The van der Waals surface area contributed by atoms with Gasteiger partial charge in [-0.3, -0.25) is 9.89 Å². The Bertz CT molecular complexity index is 595. The van der Waals surface area contributed by atoms with Gasteiger partial charge in [-0.1, -0.05) is 18.5 Å². The number of aromatic nitrogens is 2. The number of hydrogen-bond acceptors (Lipinski definition) is 3. The summed E-state index contributed by atoms with van der Waals surface area (Å²) in [7, 11) is 1.49. The van der Waals surface area contributed by atoms with E-state index in [2.05, 4.69) is 15.5 Å². The van der Waals surface area contributed by atoms with Crippen LogP contribution in [0.25, 0.3) is 0 Å². The molecular formula is C13H14ClN3O2. The highest BCUT2D eigenvalue weighted by Crippen LogP contribution is 2.23. The zero-order chi connectivity index (χ0) is 13.8. The second-order valence-corrected chi connectivity index (χ2v) is 4.37. The van der Waals surface area contributed by atoms with E-state index in [1.807, 2.05) is 6.92 Å². The lowest BCUT2D eigenvalue weighted by Gasteiger charge is -2.08. The summed E-state index contributed by atoms with van der Waals surface area (Å²) < 4.78 is 5.14. The Hall–Kier alpha value is -2.01. The van der Waals surface area contributed by atoms with Gasteiger partial charge >= 0.3 is 0 Å². The van der Waals surface area contributed by atoms with Crippen LogP contribution in [0.1, 0.15) is 23.0 Å². The molecule has 0 aliphatic carbocycles. The molecule has 0 saturated heterocycles. The largest absolute Gasteiger partial charge is 0.496 e. The molecule has 1 aromatic heterocycles. The standard InChI is InChI=1S/C13H14ClN3O2/c1-3-9-7-12(17-16-9)15-13(18)10-5-4-8(14)6-11(10)19-2/h4-7H,3H2,1-2H3,(H2,15,16,17,18). The van der Waals surface area contributed by atoms with E-state index in [-0.39, 0.29) is 5.91 Å². The predicted molar refractivity (Wildman–Crippen MR) is 73.9 cm³/mol. The van der Waals surface area contributed by atoms with Crippen LogP contribution in [-0.2, 0) is 6.42 Å². The van der Waals surface area contributed by atoms with Gasteiger partial charge in [0.05, 0.1) is 12.7 Å². The smallest absolute Gasteiger partial charge is 0.260 e. The van der Waals surface area contributed by atoms with Crippen LogP contribution in [0, 0.1) is 0 Å². The van der Waals surface area contributed by atoms with Gasteiger partial charge in [0, 0.05) is 16.8 Å². The number of nitrogens with zero attached hydrogens (tertiary/aromatic N) is 1. The van der Waals surface area contributed by atoms with E-state index >= 15 is 0 Å². The van der Waals surface area contributed by atoms with Crippen molar-refractivity contribution in [2.45, 2.75) is 13.3 Å². The number of ether oxygens (including phenoxy) is 1. The first-order valence-corrected chi connectivity index (χ1v) is 6.21. The van der Waals surface area contributed by atoms with Crippen molar-refractivity contribution in [1.29, 1.82) is 0 Å². The molecule has 0 fully saturated rings. The van der Waals surface area contributed by atoms with Gasteiger partial charge in [0.25, 0.3) is 5.91 Å². The minimum atomic E-state index is -0.289. The third-order valence-corrected chi connectivity index (χ3v) is 2.90. The third-order valence-electron chi connectivity index (χ3n) is 2.66. The maximum Gasteiger partial charge on any atom is 0.260 e. The molecule has 0 atom stereocenters. The Balaban J connectivity index is 2.20. The van der Waals surface area contributed by atoms with Crippen LogP contribution in [0.5, 0.6) is 5.75 Å². The Labute approximate surface area is 115 Å². The monoisotopic (exact) mass is 279 g/mol. The second kappa shape index (κ2) is 5.75. The number of hydrogen-bond donors (Lipinski definition) is 2. The molecule has 0 bridgehead atoms. The maximum absolute atomic E-state index is 12.1. The third kappa shape index (κ3) is 3.06. The average molecular weight is 280 g/mol. The lowest BCUT2D eigenvalue weighted by Crippen LogP contribution is -2.13. The van der Waals surface area contributed by atoms with E-state index in [1.54, 1.807) is 24.3 Å². The number of carbonyl (C=O) groups is 1. The first-order valence-electron chi connectivity index (χ1n) is 5.83. The first kappa shape index (κ1) is 13.4. The van der Waals surface area contributed by atoms with Crippen LogP contribution in [0.4, 0.5) is 5.82 Å². The maximum atomic E-state index is 12.1. The summed E-state index contributed by atoms with van der Waals surface area (Å²) >= 11 is 5.85. The average Bonchev–Trinajstić information content (AvgIpc) is 2.86. The molecule has 0 aliphatic rings. The molecule has 6 heteroatoms. The first-order chi connectivity index (χ1) is 9.13. The number of anilines is 1. The van der Waals surface area contributed by atoms with E-state index in [0.29, 0.717) is 22.2 Å². The fourth-order valence-electron chi connectivity index (χ4n) is 1.64. The predicted octanol–water partition coefficient (Wildman–Crippen LogP) is 2.89. The summed E-state index contributed by atoms with van der Waals surface area (Å²) in [5.41, 5.74) is 1.37. The van der Waals surface area contributed by atoms with E-state index in [1.165, 1.54) is 7.11 Å². The molecule has 19 heavy (non-hydrogen) atoms. The van der Waals surface area contributed by atoms with Crippen molar-refractivity contribution in [2.24, 2.45) is 0 Å². The molecule has 5 nitrogen and oxygen atoms in total. The molecule has 0 spiro atoms. The molecule has 100 valence electrons. The van der Waals surface area contributed by atoms with Gasteiger partial charge in [0.1, 0.15) is 5.75 Å². The molecule has 2 rings (SSSR count). The number of H-pyrrole nitrogens is 1. The summed E-state index contributed by atoms with van der Waals surface area (Å²) in [4.78, 5) is 12.1. The van der Waals surface area contributed by atoms with Crippen molar-refractivity contribution in [2.75, 3.05) is 12.4 Å². The fourth-order valence-corrected chi connectivity index (χ4v) is 1.81. The van der Waals surface area contributed by atoms with Gasteiger partial charge in [0.2, 0.25) is 0 Å².